The van der Waals surface area contributed by atoms with Gasteiger partial charge < -0.3 is 14.2 Å². The molecule has 0 aliphatic heterocycles. The number of hydrogen-bond acceptors (Lipinski definition) is 6. The average Bonchev–Trinajstić information content (AvgIpc) is 2.88. The van der Waals surface area contributed by atoms with Crippen molar-refractivity contribution in [1.29, 1.82) is 0 Å². The highest BCUT2D eigenvalue weighted by molar-refractivity contribution is 7.62. The Bertz CT molecular complexity index is 793. The van der Waals surface area contributed by atoms with E-state index >= 15 is 0 Å². The summed E-state index contributed by atoms with van der Waals surface area (Å²) in [5.41, 5.74) is 0.346. The summed E-state index contributed by atoms with van der Waals surface area (Å²) >= 11 is 0.969. The number of nitrogens with zero attached hydrogens (tertiary/aromatic N) is 1. The second-order valence-corrected chi connectivity index (χ2v) is 7.65. The van der Waals surface area contributed by atoms with Crippen LogP contribution in [0.15, 0.2) is 24.0 Å². The van der Waals surface area contributed by atoms with Crippen LogP contribution in [0.2, 0.25) is 0 Å². The zero-order valence-corrected chi connectivity index (χ0v) is 14.5. The van der Waals surface area contributed by atoms with E-state index in [9.17, 15) is 17.7 Å². The fourth-order valence-corrected chi connectivity index (χ4v) is 4.37. The molecule has 0 saturated carbocycles. The van der Waals surface area contributed by atoms with E-state index in [0.717, 1.165) is 11.3 Å². The fraction of sp³-hybridized carbons (Fsp3) is 0.357. The van der Waals surface area contributed by atoms with Crippen LogP contribution >= 0.6 is 18.9 Å². The number of rotatable bonds is 6. The fourth-order valence-electron chi connectivity index (χ4n) is 1.89. The van der Waals surface area contributed by atoms with Crippen LogP contribution in [0.4, 0.5) is 13.2 Å². The second kappa shape index (κ2) is 7.23. The largest absolute Gasteiger partial charge is 0.504 e. The minimum absolute atomic E-state index is 0.0142. The predicted molar refractivity (Wildman–Crippen MR) is 86.8 cm³/mol. The maximum Gasteiger partial charge on any atom is 0.448 e. The SMILES string of the molecule is CCOP(=O)(OCC)c1ccc2sc(C=C(O)C(F)(F)F)nc2c1. The van der Waals surface area contributed by atoms with Crippen LogP contribution in [0.1, 0.15) is 18.9 Å². The van der Waals surface area contributed by atoms with Gasteiger partial charge in [-0.3, -0.25) is 4.57 Å². The highest BCUT2D eigenvalue weighted by Crippen LogP contribution is 2.47. The molecule has 1 heterocycles. The van der Waals surface area contributed by atoms with Crippen LogP contribution in [0.25, 0.3) is 16.3 Å². The summed E-state index contributed by atoms with van der Waals surface area (Å²) in [6.07, 6.45) is -4.28. The Morgan fingerprint density at radius 3 is 2.50 bits per heavy atom. The van der Waals surface area contributed by atoms with Gasteiger partial charge in [0.15, 0.2) is 0 Å². The van der Waals surface area contributed by atoms with Crippen molar-refractivity contribution in [2.75, 3.05) is 13.2 Å². The zero-order chi connectivity index (χ0) is 18.0. The van der Waals surface area contributed by atoms with Gasteiger partial charge in [0.25, 0.3) is 0 Å². The molecule has 0 spiro atoms. The van der Waals surface area contributed by atoms with E-state index < -0.39 is 19.5 Å². The topological polar surface area (TPSA) is 68.7 Å². The van der Waals surface area contributed by atoms with Gasteiger partial charge in [-0.2, -0.15) is 13.2 Å². The summed E-state index contributed by atoms with van der Waals surface area (Å²) in [6, 6.07) is 4.57. The highest BCUT2D eigenvalue weighted by Gasteiger charge is 2.34. The number of aromatic nitrogens is 1. The van der Waals surface area contributed by atoms with Gasteiger partial charge in [0.1, 0.15) is 5.01 Å². The molecular weight excluding hydrogens is 366 g/mol. The molecule has 0 aliphatic rings. The van der Waals surface area contributed by atoms with Crippen LogP contribution in [-0.4, -0.2) is 29.5 Å². The Morgan fingerprint density at radius 1 is 1.33 bits per heavy atom. The molecule has 1 aromatic heterocycles. The summed E-state index contributed by atoms with van der Waals surface area (Å²) in [6.45, 7) is 3.71. The molecular formula is C14H15F3NO4PS. The first-order chi connectivity index (χ1) is 11.2. The maximum absolute atomic E-state index is 12.7. The van der Waals surface area contributed by atoms with Gasteiger partial charge in [-0.05, 0) is 32.0 Å². The lowest BCUT2D eigenvalue weighted by Gasteiger charge is -2.16. The molecule has 0 unspecified atom stereocenters. The number of benzene rings is 1. The maximum atomic E-state index is 12.7. The molecule has 1 aromatic carbocycles. The number of fused-ring (bicyclic) bond motifs is 1. The first-order valence-electron chi connectivity index (χ1n) is 6.97. The van der Waals surface area contributed by atoms with Crippen LogP contribution in [0.3, 0.4) is 0 Å². The summed E-state index contributed by atoms with van der Waals surface area (Å²) in [7, 11) is -3.50. The van der Waals surface area contributed by atoms with E-state index in [1.54, 1.807) is 19.9 Å². The molecule has 0 amide bonds. The average molecular weight is 381 g/mol. The molecule has 24 heavy (non-hydrogen) atoms. The second-order valence-electron chi connectivity index (χ2n) is 4.56. The van der Waals surface area contributed by atoms with Crippen LogP contribution in [0.5, 0.6) is 0 Å². The first kappa shape index (κ1) is 18.9. The highest BCUT2D eigenvalue weighted by atomic mass is 32.1. The molecule has 0 saturated heterocycles. The Hall–Kier alpha value is -1.41. The Balaban J connectivity index is 2.44. The van der Waals surface area contributed by atoms with Gasteiger partial charge in [0.2, 0.25) is 5.76 Å². The third-order valence-electron chi connectivity index (χ3n) is 2.85. The van der Waals surface area contributed by atoms with Gasteiger partial charge in [0.05, 0.1) is 28.7 Å². The number of aliphatic hydroxyl groups is 1. The van der Waals surface area contributed by atoms with Gasteiger partial charge >= 0.3 is 13.8 Å². The third kappa shape index (κ3) is 4.16. The number of hydrogen-bond donors (Lipinski definition) is 1. The van der Waals surface area contributed by atoms with Gasteiger partial charge in [-0.25, -0.2) is 4.98 Å². The van der Waals surface area contributed by atoms with Crippen molar-refractivity contribution in [3.05, 3.63) is 29.0 Å². The van der Waals surface area contributed by atoms with E-state index in [2.05, 4.69) is 4.98 Å². The van der Waals surface area contributed by atoms with E-state index in [4.69, 9.17) is 14.2 Å². The van der Waals surface area contributed by atoms with Crippen molar-refractivity contribution in [2.24, 2.45) is 0 Å². The van der Waals surface area contributed by atoms with Crippen molar-refractivity contribution < 1.29 is 31.9 Å². The standard InChI is InChI=1S/C14H15F3NO4PS/c1-3-21-23(20,22-4-2)9-5-6-11-10(7-9)18-13(24-11)8-12(19)14(15,16)17/h5-8,19H,3-4H2,1-2H3. The lowest BCUT2D eigenvalue weighted by Crippen LogP contribution is -2.10. The van der Waals surface area contributed by atoms with E-state index in [1.807, 2.05) is 0 Å². The normalized spacial score (nSPS) is 13.6. The number of thiazole rings is 1. The zero-order valence-electron chi connectivity index (χ0n) is 12.8. The summed E-state index contributed by atoms with van der Waals surface area (Å²) < 4.78 is 60.9. The van der Waals surface area contributed by atoms with Crippen molar-refractivity contribution in [3.8, 4) is 0 Å². The molecule has 0 atom stereocenters. The number of aliphatic hydroxyl groups excluding tert-OH is 1. The van der Waals surface area contributed by atoms with Crippen LogP contribution in [0, 0.1) is 0 Å². The molecule has 0 aliphatic carbocycles. The van der Waals surface area contributed by atoms with Crippen LogP contribution in [-0.2, 0) is 13.6 Å². The van der Waals surface area contributed by atoms with Crippen molar-refractivity contribution in [2.45, 2.75) is 20.0 Å². The third-order valence-corrected chi connectivity index (χ3v) is 5.94. The summed E-state index contributed by atoms with van der Waals surface area (Å²) in [5.74, 6) is -1.73. The molecule has 0 bridgehead atoms. The monoisotopic (exact) mass is 381 g/mol. The minimum atomic E-state index is -4.83. The molecule has 0 radical (unpaired) electrons. The minimum Gasteiger partial charge on any atom is -0.504 e. The quantitative estimate of drug-likeness (QED) is 0.583. The van der Waals surface area contributed by atoms with E-state index in [0.29, 0.717) is 16.3 Å². The molecule has 0 fully saturated rings. The number of allylic oxidation sites excluding steroid dienone is 1. The van der Waals surface area contributed by atoms with Gasteiger partial charge in [0, 0.05) is 6.08 Å². The predicted octanol–water partition coefficient (Wildman–Crippen LogP) is 4.65. The first-order valence-corrected chi connectivity index (χ1v) is 9.33. The molecule has 2 rings (SSSR count). The Kier molecular flexibility index (Phi) is 5.70. The summed E-state index contributed by atoms with van der Waals surface area (Å²) in [4.78, 5) is 4.01. The smallest absolute Gasteiger partial charge is 0.448 e. The van der Waals surface area contributed by atoms with Crippen LogP contribution < -0.4 is 5.30 Å². The molecule has 5 nitrogen and oxygen atoms in total. The van der Waals surface area contributed by atoms with Gasteiger partial charge in [-0.15, -0.1) is 11.3 Å². The number of alkyl halides is 3. The number of halogens is 3. The van der Waals surface area contributed by atoms with Crippen molar-refractivity contribution >= 4 is 40.5 Å². The van der Waals surface area contributed by atoms with Crippen molar-refractivity contribution in [1.82, 2.24) is 4.98 Å². The van der Waals surface area contributed by atoms with E-state index in [-0.39, 0.29) is 23.5 Å². The molecule has 132 valence electrons. The molecule has 2 aromatic rings. The van der Waals surface area contributed by atoms with E-state index in [1.165, 1.54) is 12.1 Å². The molecule has 10 heteroatoms. The Labute approximate surface area is 140 Å². The van der Waals surface area contributed by atoms with Gasteiger partial charge in [-0.1, -0.05) is 0 Å². The lowest BCUT2D eigenvalue weighted by atomic mass is 10.3. The summed E-state index contributed by atoms with van der Waals surface area (Å²) in [5, 5.41) is 9.27. The Morgan fingerprint density at radius 2 is 1.96 bits per heavy atom. The lowest BCUT2D eigenvalue weighted by molar-refractivity contribution is -0.119. The molecule has 1 N–H and O–H groups in total. The van der Waals surface area contributed by atoms with Crippen molar-refractivity contribution in [3.63, 3.8) is 0 Å².